The third-order valence-corrected chi connectivity index (χ3v) is 2.34. The van der Waals surface area contributed by atoms with Crippen LogP contribution in [0.3, 0.4) is 0 Å². The molecule has 1 fully saturated rings. The molecule has 0 amide bonds. The van der Waals surface area contributed by atoms with Crippen molar-refractivity contribution in [3.63, 3.8) is 0 Å². The molecule has 0 saturated carbocycles. The first kappa shape index (κ1) is 9.92. The van der Waals surface area contributed by atoms with Gasteiger partial charge in [-0.25, -0.2) is 0 Å². The maximum Gasteiger partial charge on any atom is 0.189 e. The lowest BCUT2D eigenvalue weighted by atomic mass is 10.1. The Labute approximate surface area is 72.1 Å². The van der Waals surface area contributed by atoms with Crippen LogP contribution in [0.4, 0.5) is 0 Å². The molecule has 4 heteroatoms. The second-order valence-corrected chi connectivity index (χ2v) is 3.63. The topological polar surface area (TPSA) is 58.9 Å². The summed E-state index contributed by atoms with van der Waals surface area (Å²) < 4.78 is 10.4. The molecule has 0 spiro atoms. The average molecular weight is 176 g/mol. The molecular formula is C8H16O4. The highest BCUT2D eigenvalue weighted by atomic mass is 16.7. The van der Waals surface area contributed by atoms with E-state index in [1.54, 1.807) is 13.8 Å². The fraction of sp³-hybridized carbons (Fsp3) is 1.00. The standard InChI is InChI=1S/C8H16O4/c1-5-7(3,9)12-6(2)8(4,10)11-5/h5-6,9-10H,1-4H3/t5-,6+,7+,8-. The van der Waals surface area contributed by atoms with Gasteiger partial charge in [-0.05, 0) is 27.7 Å². The molecule has 0 aromatic heterocycles. The average Bonchev–Trinajstić information content (AvgIpc) is 1.82. The third-order valence-electron chi connectivity index (χ3n) is 2.34. The van der Waals surface area contributed by atoms with Crippen molar-refractivity contribution < 1.29 is 19.7 Å². The van der Waals surface area contributed by atoms with E-state index in [-0.39, 0.29) is 0 Å². The van der Waals surface area contributed by atoms with Gasteiger partial charge in [-0.2, -0.15) is 0 Å². The van der Waals surface area contributed by atoms with E-state index in [0.717, 1.165) is 0 Å². The minimum atomic E-state index is -1.32. The largest absolute Gasteiger partial charge is 0.364 e. The van der Waals surface area contributed by atoms with Crippen molar-refractivity contribution in [1.29, 1.82) is 0 Å². The second-order valence-electron chi connectivity index (χ2n) is 3.63. The van der Waals surface area contributed by atoms with Crippen molar-refractivity contribution in [3.8, 4) is 0 Å². The summed E-state index contributed by atoms with van der Waals surface area (Å²) in [6.45, 7) is 6.34. The molecule has 1 aliphatic heterocycles. The summed E-state index contributed by atoms with van der Waals surface area (Å²) in [5.41, 5.74) is 0. The molecule has 4 atom stereocenters. The monoisotopic (exact) mass is 176 g/mol. The molecule has 4 nitrogen and oxygen atoms in total. The molecule has 0 bridgehead atoms. The van der Waals surface area contributed by atoms with Gasteiger partial charge in [0.15, 0.2) is 11.6 Å². The van der Waals surface area contributed by atoms with Crippen molar-refractivity contribution >= 4 is 0 Å². The molecule has 1 aliphatic rings. The van der Waals surface area contributed by atoms with Crippen LogP contribution in [-0.2, 0) is 9.47 Å². The Morgan fingerprint density at radius 3 is 1.42 bits per heavy atom. The van der Waals surface area contributed by atoms with Crippen LogP contribution in [-0.4, -0.2) is 34.0 Å². The molecular weight excluding hydrogens is 160 g/mol. The summed E-state index contributed by atoms with van der Waals surface area (Å²) in [5.74, 6) is -2.64. The molecule has 72 valence electrons. The Hall–Kier alpha value is -0.160. The van der Waals surface area contributed by atoms with E-state index in [4.69, 9.17) is 9.47 Å². The number of ether oxygens (including phenoxy) is 2. The van der Waals surface area contributed by atoms with Crippen molar-refractivity contribution in [2.75, 3.05) is 0 Å². The summed E-state index contributed by atoms with van der Waals surface area (Å²) in [6, 6.07) is 0. The fourth-order valence-corrected chi connectivity index (χ4v) is 1.13. The van der Waals surface area contributed by atoms with E-state index in [1.165, 1.54) is 13.8 Å². The van der Waals surface area contributed by atoms with E-state index >= 15 is 0 Å². The van der Waals surface area contributed by atoms with Crippen molar-refractivity contribution in [1.82, 2.24) is 0 Å². The third kappa shape index (κ3) is 1.61. The van der Waals surface area contributed by atoms with Gasteiger partial charge in [0.05, 0.1) is 0 Å². The smallest absolute Gasteiger partial charge is 0.189 e. The minimum Gasteiger partial charge on any atom is -0.364 e. The molecule has 0 unspecified atom stereocenters. The Morgan fingerprint density at radius 1 is 0.917 bits per heavy atom. The van der Waals surface area contributed by atoms with E-state index in [2.05, 4.69) is 0 Å². The van der Waals surface area contributed by atoms with Gasteiger partial charge in [0, 0.05) is 0 Å². The summed E-state index contributed by atoms with van der Waals surface area (Å²) in [6.07, 6.45) is -1.08. The Morgan fingerprint density at radius 2 is 1.17 bits per heavy atom. The predicted molar refractivity (Wildman–Crippen MR) is 42.3 cm³/mol. The maximum absolute atomic E-state index is 9.59. The van der Waals surface area contributed by atoms with Gasteiger partial charge in [0.2, 0.25) is 0 Å². The lowest BCUT2D eigenvalue weighted by molar-refractivity contribution is -0.406. The van der Waals surface area contributed by atoms with E-state index in [9.17, 15) is 10.2 Å². The van der Waals surface area contributed by atoms with Crippen LogP contribution >= 0.6 is 0 Å². The van der Waals surface area contributed by atoms with Gasteiger partial charge >= 0.3 is 0 Å². The van der Waals surface area contributed by atoms with Crippen LogP contribution in [0.2, 0.25) is 0 Å². The first-order valence-electron chi connectivity index (χ1n) is 4.06. The summed E-state index contributed by atoms with van der Waals surface area (Å²) in [5, 5.41) is 19.2. The molecule has 0 aliphatic carbocycles. The Balaban J connectivity index is 2.76. The van der Waals surface area contributed by atoms with Crippen molar-refractivity contribution in [2.45, 2.75) is 51.5 Å². The van der Waals surface area contributed by atoms with E-state index in [0.29, 0.717) is 0 Å². The first-order chi connectivity index (χ1) is 5.26. The van der Waals surface area contributed by atoms with E-state index in [1.807, 2.05) is 0 Å². The normalized spacial score (nSPS) is 55.5. The zero-order chi connectivity index (χ0) is 9.57. The molecule has 0 aromatic rings. The number of aliphatic hydroxyl groups is 2. The number of rotatable bonds is 0. The lowest BCUT2D eigenvalue weighted by Gasteiger charge is -2.46. The number of hydrogen-bond acceptors (Lipinski definition) is 4. The molecule has 1 rings (SSSR count). The van der Waals surface area contributed by atoms with Crippen molar-refractivity contribution in [2.24, 2.45) is 0 Å². The minimum absolute atomic E-state index is 0.538. The van der Waals surface area contributed by atoms with Gasteiger partial charge in [0.25, 0.3) is 0 Å². The quantitative estimate of drug-likeness (QED) is 0.554. The summed E-state index contributed by atoms with van der Waals surface area (Å²) in [4.78, 5) is 0. The molecule has 0 radical (unpaired) electrons. The number of hydrogen-bond donors (Lipinski definition) is 2. The summed E-state index contributed by atoms with van der Waals surface area (Å²) >= 11 is 0. The van der Waals surface area contributed by atoms with Crippen LogP contribution < -0.4 is 0 Å². The highest BCUT2D eigenvalue weighted by Gasteiger charge is 2.47. The first-order valence-corrected chi connectivity index (χ1v) is 4.06. The van der Waals surface area contributed by atoms with Crippen LogP contribution in [0.1, 0.15) is 27.7 Å². The van der Waals surface area contributed by atoms with Gasteiger partial charge in [-0.1, -0.05) is 0 Å². The zero-order valence-electron chi connectivity index (χ0n) is 7.87. The SMILES string of the molecule is C[C@@H]1O[C@](C)(O)[C@@H](C)O[C@@]1(C)O. The Bertz CT molecular complexity index is 156. The fourth-order valence-electron chi connectivity index (χ4n) is 1.13. The van der Waals surface area contributed by atoms with Gasteiger partial charge in [-0.3, -0.25) is 0 Å². The van der Waals surface area contributed by atoms with Gasteiger partial charge < -0.3 is 19.7 Å². The highest BCUT2D eigenvalue weighted by molar-refractivity contribution is 4.83. The lowest BCUT2D eigenvalue weighted by Crippen LogP contribution is -2.59. The Kier molecular flexibility index (Phi) is 2.21. The molecule has 1 saturated heterocycles. The molecule has 2 N–H and O–H groups in total. The van der Waals surface area contributed by atoms with E-state index < -0.39 is 23.8 Å². The second kappa shape index (κ2) is 2.67. The van der Waals surface area contributed by atoms with Crippen LogP contribution in [0.5, 0.6) is 0 Å². The van der Waals surface area contributed by atoms with Crippen molar-refractivity contribution in [3.05, 3.63) is 0 Å². The van der Waals surface area contributed by atoms with Gasteiger partial charge in [-0.15, -0.1) is 0 Å². The zero-order valence-corrected chi connectivity index (χ0v) is 7.87. The molecule has 0 aromatic carbocycles. The van der Waals surface area contributed by atoms with Crippen LogP contribution in [0.15, 0.2) is 0 Å². The maximum atomic E-state index is 9.59. The van der Waals surface area contributed by atoms with Crippen LogP contribution in [0, 0.1) is 0 Å². The molecule has 1 heterocycles. The summed E-state index contributed by atoms with van der Waals surface area (Å²) in [7, 11) is 0. The molecule has 12 heavy (non-hydrogen) atoms. The predicted octanol–water partition coefficient (Wildman–Crippen LogP) is 0.227. The van der Waals surface area contributed by atoms with Gasteiger partial charge in [0.1, 0.15) is 12.2 Å². The highest BCUT2D eigenvalue weighted by Crippen LogP contribution is 2.31. The van der Waals surface area contributed by atoms with Crippen LogP contribution in [0.25, 0.3) is 0 Å².